The molecule has 0 radical (unpaired) electrons. The highest BCUT2D eigenvalue weighted by Gasteiger charge is 2.07. The molecule has 3 N–H and O–H groups in total. The summed E-state index contributed by atoms with van der Waals surface area (Å²) in [6.45, 7) is 0.701. The van der Waals surface area contributed by atoms with Gasteiger partial charge in [0.05, 0.1) is 12.0 Å². The molecule has 1 aromatic heterocycles. The molecule has 100 valence electrons. The van der Waals surface area contributed by atoms with Gasteiger partial charge < -0.3 is 15.6 Å². The number of halogens is 1. The van der Waals surface area contributed by atoms with Crippen LogP contribution in [0, 0.1) is 5.82 Å². The number of hydrogen-bond acceptors (Lipinski definition) is 3. The van der Waals surface area contributed by atoms with Gasteiger partial charge in [0.2, 0.25) is 5.91 Å². The van der Waals surface area contributed by atoms with Crippen molar-refractivity contribution in [1.82, 2.24) is 9.55 Å². The van der Waals surface area contributed by atoms with Gasteiger partial charge in [-0.1, -0.05) is 0 Å². The predicted molar refractivity (Wildman–Crippen MR) is 70.9 cm³/mol. The van der Waals surface area contributed by atoms with E-state index >= 15 is 0 Å². The first-order chi connectivity index (χ1) is 9.15. The van der Waals surface area contributed by atoms with E-state index in [1.54, 1.807) is 12.5 Å². The van der Waals surface area contributed by atoms with Crippen LogP contribution in [0.25, 0.3) is 0 Å². The zero-order valence-electron chi connectivity index (χ0n) is 10.3. The Bertz CT molecular complexity index is 554. The molecule has 1 aromatic carbocycles. The maximum atomic E-state index is 13.4. The van der Waals surface area contributed by atoms with E-state index in [2.05, 4.69) is 10.3 Å². The van der Waals surface area contributed by atoms with Crippen LogP contribution in [0.2, 0.25) is 0 Å². The molecule has 2 aromatic rings. The minimum atomic E-state index is -0.489. The summed E-state index contributed by atoms with van der Waals surface area (Å²) in [5.74, 6) is -0.721. The molecule has 0 unspecified atom stereocenters. The summed E-state index contributed by atoms with van der Waals surface area (Å²) in [5.41, 5.74) is 6.07. The number of anilines is 2. The van der Waals surface area contributed by atoms with Crippen molar-refractivity contribution in [3.8, 4) is 0 Å². The smallest absolute Gasteiger partial charge is 0.224 e. The lowest BCUT2D eigenvalue weighted by Gasteiger charge is -2.07. The van der Waals surface area contributed by atoms with Gasteiger partial charge in [-0.3, -0.25) is 4.79 Å². The highest BCUT2D eigenvalue weighted by molar-refractivity contribution is 5.91. The van der Waals surface area contributed by atoms with Gasteiger partial charge in [-0.15, -0.1) is 0 Å². The Morgan fingerprint density at radius 2 is 2.32 bits per heavy atom. The molecule has 0 aliphatic carbocycles. The first kappa shape index (κ1) is 13.1. The molecule has 0 bridgehead atoms. The summed E-state index contributed by atoms with van der Waals surface area (Å²) in [6, 6.07) is 4.09. The van der Waals surface area contributed by atoms with Gasteiger partial charge in [0.25, 0.3) is 0 Å². The number of nitrogens with one attached hydrogen (secondary N) is 1. The van der Waals surface area contributed by atoms with E-state index in [0.29, 0.717) is 25.1 Å². The molecule has 5 nitrogen and oxygen atoms in total. The lowest BCUT2D eigenvalue weighted by molar-refractivity contribution is -0.116. The van der Waals surface area contributed by atoms with Gasteiger partial charge in [-0.05, 0) is 24.6 Å². The molecule has 1 amide bonds. The van der Waals surface area contributed by atoms with Crippen LogP contribution in [0.3, 0.4) is 0 Å². The van der Waals surface area contributed by atoms with Crippen LogP contribution in [-0.2, 0) is 11.3 Å². The van der Waals surface area contributed by atoms with Crippen molar-refractivity contribution in [1.29, 1.82) is 0 Å². The maximum Gasteiger partial charge on any atom is 0.224 e. The SMILES string of the molecule is Nc1ccc(F)c(NC(=O)CCCn2ccnc2)c1. The highest BCUT2D eigenvalue weighted by Crippen LogP contribution is 2.17. The van der Waals surface area contributed by atoms with Crippen LogP contribution in [0.15, 0.2) is 36.9 Å². The van der Waals surface area contributed by atoms with Crippen molar-refractivity contribution in [2.75, 3.05) is 11.1 Å². The monoisotopic (exact) mass is 262 g/mol. The number of benzene rings is 1. The topological polar surface area (TPSA) is 72.9 Å². The average Bonchev–Trinajstić information content (AvgIpc) is 2.87. The number of carbonyl (C=O) groups excluding carboxylic acids is 1. The summed E-state index contributed by atoms with van der Waals surface area (Å²) >= 11 is 0. The van der Waals surface area contributed by atoms with Crippen LogP contribution in [0.4, 0.5) is 15.8 Å². The number of nitrogens with zero attached hydrogens (tertiary/aromatic N) is 2. The Kier molecular flexibility index (Phi) is 4.12. The van der Waals surface area contributed by atoms with Crippen LogP contribution in [-0.4, -0.2) is 15.5 Å². The first-order valence-electron chi connectivity index (χ1n) is 5.96. The van der Waals surface area contributed by atoms with Crippen molar-refractivity contribution in [3.05, 3.63) is 42.7 Å². The fourth-order valence-electron chi connectivity index (χ4n) is 1.69. The first-order valence-corrected chi connectivity index (χ1v) is 5.96. The maximum absolute atomic E-state index is 13.4. The second-order valence-corrected chi connectivity index (χ2v) is 4.19. The predicted octanol–water partition coefficient (Wildman–Crippen LogP) is 2.02. The molecule has 0 aliphatic heterocycles. The number of amides is 1. The third kappa shape index (κ3) is 3.80. The summed E-state index contributed by atoms with van der Waals surface area (Å²) < 4.78 is 15.3. The number of carbonyl (C=O) groups is 1. The lowest BCUT2D eigenvalue weighted by Crippen LogP contribution is -2.13. The summed E-state index contributed by atoms with van der Waals surface area (Å²) in [5, 5.41) is 2.51. The fraction of sp³-hybridized carbons (Fsp3) is 0.231. The number of aromatic nitrogens is 2. The van der Waals surface area contributed by atoms with E-state index < -0.39 is 5.82 Å². The number of rotatable bonds is 5. The van der Waals surface area contributed by atoms with Crippen molar-refractivity contribution in [3.63, 3.8) is 0 Å². The van der Waals surface area contributed by atoms with Gasteiger partial charge in [-0.25, -0.2) is 9.37 Å². The number of nitrogen functional groups attached to an aromatic ring is 1. The van der Waals surface area contributed by atoms with Crippen LogP contribution in [0.1, 0.15) is 12.8 Å². The molecule has 0 spiro atoms. The van der Waals surface area contributed by atoms with Gasteiger partial charge in [0.15, 0.2) is 0 Å². The average molecular weight is 262 g/mol. The fourth-order valence-corrected chi connectivity index (χ4v) is 1.69. The zero-order valence-corrected chi connectivity index (χ0v) is 10.3. The highest BCUT2D eigenvalue weighted by atomic mass is 19.1. The minimum absolute atomic E-state index is 0.118. The van der Waals surface area contributed by atoms with Crippen molar-refractivity contribution >= 4 is 17.3 Å². The third-order valence-electron chi connectivity index (χ3n) is 2.64. The van der Waals surface area contributed by atoms with Gasteiger partial charge in [-0.2, -0.15) is 0 Å². The Balaban J connectivity index is 1.82. The number of aryl methyl sites for hydroxylation is 1. The Morgan fingerprint density at radius 3 is 3.05 bits per heavy atom. The molecule has 0 aliphatic rings. The quantitative estimate of drug-likeness (QED) is 0.810. The second kappa shape index (κ2) is 5.99. The van der Waals surface area contributed by atoms with E-state index in [1.807, 2.05) is 10.8 Å². The van der Waals surface area contributed by atoms with E-state index in [0.717, 1.165) is 0 Å². The molecule has 0 saturated heterocycles. The molecule has 0 fully saturated rings. The Hall–Kier alpha value is -2.37. The van der Waals surface area contributed by atoms with E-state index in [-0.39, 0.29) is 11.6 Å². The second-order valence-electron chi connectivity index (χ2n) is 4.19. The van der Waals surface area contributed by atoms with E-state index in [4.69, 9.17) is 5.73 Å². The van der Waals surface area contributed by atoms with Gasteiger partial charge in [0, 0.05) is 31.0 Å². The van der Waals surface area contributed by atoms with Crippen molar-refractivity contribution in [2.45, 2.75) is 19.4 Å². The van der Waals surface area contributed by atoms with E-state index in [1.165, 1.54) is 18.2 Å². The number of nitrogens with two attached hydrogens (primary N) is 1. The Morgan fingerprint density at radius 1 is 1.47 bits per heavy atom. The summed E-state index contributed by atoms with van der Waals surface area (Å²) in [6.07, 6.45) is 6.17. The molecule has 19 heavy (non-hydrogen) atoms. The van der Waals surface area contributed by atoms with Crippen molar-refractivity contribution in [2.24, 2.45) is 0 Å². The largest absolute Gasteiger partial charge is 0.399 e. The van der Waals surface area contributed by atoms with Gasteiger partial charge in [0.1, 0.15) is 5.82 Å². The minimum Gasteiger partial charge on any atom is -0.399 e. The van der Waals surface area contributed by atoms with Gasteiger partial charge >= 0.3 is 0 Å². The molecule has 0 saturated carbocycles. The molecule has 1 heterocycles. The zero-order chi connectivity index (χ0) is 13.7. The number of hydrogen-bond donors (Lipinski definition) is 2. The lowest BCUT2D eigenvalue weighted by atomic mass is 10.2. The number of imidazole rings is 1. The van der Waals surface area contributed by atoms with Crippen LogP contribution >= 0.6 is 0 Å². The Labute approximate surface area is 110 Å². The van der Waals surface area contributed by atoms with Crippen LogP contribution < -0.4 is 11.1 Å². The summed E-state index contributed by atoms with van der Waals surface area (Å²) in [4.78, 5) is 15.6. The molecular weight excluding hydrogens is 247 g/mol. The normalized spacial score (nSPS) is 10.4. The molecular formula is C13H15FN4O. The standard InChI is InChI=1S/C13H15FN4O/c14-11-4-3-10(15)8-12(11)17-13(19)2-1-6-18-7-5-16-9-18/h3-5,7-9H,1-2,6,15H2,(H,17,19). The molecule has 2 rings (SSSR count). The summed E-state index contributed by atoms with van der Waals surface area (Å²) in [7, 11) is 0. The third-order valence-corrected chi connectivity index (χ3v) is 2.64. The van der Waals surface area contributed by atoms with Crippen LogP contribution in [0.5, 0.6) is 0 Å². The van der Waals surface area contributed by atoms with E-state index in [9.17, 15) is 9.18 Å². The molecule has 0 atom stereocenters. The van der Waals surface area contributed by atoms with Crippen molar-refractivity contribution < 1.29 is 9.18 Å². The molecule has 6 heteroatoms.